The smallest absolute Gasteiger partial charge is 0.327 e. The van der Waals surface area contributed by atoms with E-state index in [4.69, 9.17) is 11.6 Å². The predicted molar refractivity (Wildman–Crippen MR) is 61.3 cm³/mol. The summed E-state index contributed by atoms with van der Waals surface area (Å²) in [7, 11) is 0. The maximum absolute atomic E-state index is 12.9. The maximum atomic E-state index is 12.9. The van der Waals surface area contributed by atoms with Crippen LogP contribution in [0.5, 0.6) is 0 Å². The van der Waals surface area contributed by atoms with Crippen molar-refractivity contribution in [2.24, 2.45) is 0 Å². The second-order valence-electron chi connectivity index (χ2n) is 3.38. The Bertz CT molecular complexity index is 528. The van der Waals surface area contributed by atoms with Gasteiger partial charge >= 0.3 is 6.03 Å². The van der Waals surface area contributed by atoms with Gasteiger partial charge in [-0.1, -0.05) is 17.7 Å². The summed E-state index contributed by atoms with van der Waals surface area (Å²) in [6, 6.07) is 4.00. The standard InChI is InChI=1S/C11H9ClFN3O/c12-9-5-8(1-2-10(9)13)6-15-11(17)16-4-3-14-7-16/h1-5,7H,6H2,(H,15,17). The van der Waals surface area contributed by atoms with Crippen molar-refractivity contribution in [3.63, 3.8) is 0 Å². The first-order valence-corrected chi connectivity index (χ1v) is 5.24. The molecule has 0 bridgehead atoms. The average Bonchev–Trinajstić information content (AvgIpc) is 2.84. The van der Waals surface area contributed by atoms with Crippen LogP contribution in [0.2, 0.25) is 5.02 Å². The Balaban J connectivity index is 1.98. The van der Waals surface area contributed by atoms with E-state index < -0.39 is 5.82 Å². The Labute approximate surface area is 102 Å². The molecule has 1 aromatic carbocycles. The van der Waals surface area contributed by atoms with Gasteiger partial charge in [0.1, 0.15) is 12.1 Å². The van der Waals surface area contributed by atoms with E-state index in [0.29, 0.717) is 0 Å². The molecule has 6 heteroatoms. The summed E-state index contributed by atoms with van der Waals surface area (Å²) in [6.07, 6.45) is 4.44. The van der Waals surface area contributed by atoms with Crippen LogP contribution in [-0.4, -0.2) is 15.6 Å². The highest BCUT2D eigenvalue weighted by atomic mass is 35.5. The lowest BCUT2D eigenvalue weighted by Gasteiger charge is -2.05. The molecule has 0 spiro atoms. The summed E-state index contributed by atoms with van der Waals surface area (Å²) in [5, 5.41) is 2.69. The largest absolute Gasteiger partial charge is 0.333 e. The van der Waals surface area contributed by atoms with Gasteiger partial charge < -0.3 is 5.32 Å². The second kappa shape index (κ2) is 4.97. The van der Waals surface area contributed by atoms with Crippen LogP contribution in [0, 0.1) is 5.82 Å². The van der Waals surface area contributed by atoms with Gasteiger partial charge in [-0.3, -0.25) is 4.57 Å². The highest BCUT2D eigenvalue weighted by molar-refractivity contribution is 6.30. The molecular weight excluding hydrogens is 245 g/mol. The van der Waals surface area contributed by atoms with E-state index in [-0.39, 0.29) is 17.6 Å². The third-order valence-corrected chi connectivity index (χ3v) is 2.46. The van der Waals surface area contributed by atoms with Crippen molar-refractivity contribution in [2.75, 3.05) is 0 Å². The summed E-state index contributed by atoms with van der Waals surface area (Å²) in [4.78, 5) is 15.3. The molecule has 0 aliphatic carbocycles. The maximum Gasteiger partial charge on any atom is 0.327 e. The topological polar surface area (TPSA) is 46.9 Å². The lowest BCUT2D eigenvalue weighted by atomic mass is 10.2. The zero-order chi connectivity index (χ0) is 12.3. The zero-order valence-electron chi connectivity index (χ0n) is 8.73. The van der Waals surface area contributed by atoms with E-state index in [0.717, 1.165) is 5.56 Å². The number of aromatic nitrogens is 2. The summed E-state index contributed by atoms with van der Waals surface area (Å²) < 4.78 is 14.2. The fourth-order valence-electron chi connectivity index (χ4n) is 1.30. The number of halogens is 2. The molecule has 0 atom stereocenters. The van der Waals surface area contributed by atoms with E-state index in [1.54, 1.807) is 6.07 Å². The van der Waals surface area contributed by atoms with Gasteiger partial charge in [-0.05, 0) is 17.7 Å². The molecule has 1 aromatic heterocycles. The van der Waals surface area contributed by atoms with Crippen LogP contribution in [0.4, 0.5) is 9.18 Å². The third kappa shape index (κ3) is 2.82. The van der Waals surface area contributed by atoms with E-state index in [9.17, 15) is 9.18 Å². The van der Waals surface area contributed by atoms with Crippen molar-refractivity contribution < 1.29 is 9.18 Å². The number of carbonyl (C=O) groups is 1. The Morgan fingerprint density at radius 1 is 1.53 bits per heavy atom. The minimum absolute atomic E-state index is 0.0411. The summed E-state index contributed by atoms with van der Waals surface area (Å²) in [5.74, 6) is -0.476. The Hall–Kier alpha value is -1.88. The van der Waals surface area contributed by atoms with Crippen LogP contribution in [0.1, 0.15) is 5.56 Å². The van der Waals surface area contributed by atoms with Crippen molar-refractivity contribution in [1.82, 2.24) is 14.9 Å². The Morgan fingerprint density at radius 3 is 3.00 bits per heavy atom. The molecule has 0 aliphatic rings. The minimum Gasteiger partial charge on any atom is -0.333 e. The monoisotopic (exact) mass is 253 g/mol. The minimum atomic E-state index is -0.476. The molecule has 0 unspecified atom stereocenters. The number of hydrogen-bond acceptors (Lipinski definition) is 2. The van der Waals surface area contributed by atoms with E-state index in [1.807, 2.05) is 0 Å². The number of hydrogen-bond donors (Lipinski definition) is 1. The normalized spacial score (nSPS) is 10.2. The predicted octanol–water partition coefficient (Wildman–Crippen LogP) is 2.43. The number of amides is 1. The van der Waals surface area contributed by atoms with Crippen LogP contribution in [0.25, 0.3) is 0 Å². The number of nitrogens with one attached hydrogen (secondary N) is 1. The number of nitrogens with zero attached hydrogens (tertiary/aromatic N) is 2. The molecular formula is C11H9ClFN3O. The van der Waals surface area contributed by atoms with Crippen molar-refractivity contribution in [1.29, 1.82) is 0 Å². The SMILES string of the molecule is O=C(NCc1ccc(F)c(Cl)c1)n1ccnc1. The van der Waals surface area contributed by atoms with E-state index >= 15 is 0 Å². The Morgan fingerprint density at radius 2 is 2.35 bits per heavy atom. The van der Waals surface area contributed by atoms with Gasteiger partial charge in [0.25, 0.3) is 0 Å². The van der Waals surface area contributed by atoms with Gasteiger partial charge in [0.2, 0.25) is 0 Å². The molecule has 1 N–H and O–H groups in total. The molecule has 88 valence electrons. The van der Waals surface area contributed by atoms with Crippen molar-refractivity contribution in [2.45, 2.75) is 6.54 Å². The number of carbonyl (C=O) groups excluding carboxylic acids is 1. The lowest BCUT2D eigenvalue weighted by molar-refractivity contribution is 0.242. The summed E-state index contributed by atoms with van der Waals surface area (Å²) >= 11 is 5.63. The molecule has 2 rings (SSSR count). The highest BCUT2D eigenvalue weighted by Crippen LogP contribution is 2.15. The number of rotatable bonds is 2. The fraction of sp³-hybridized carbons (Fsp3) is 0.0909. The average molecular weight is 254 g/mol. The first-order chi connectivity index (χ1) is 8.16. The van der Waals surface area contributed by atoms with E-state index in [2.05, 4.69) is 10.3 Å². The van der Waals surface area contributed by atoms with Crippen molar-refractivity contribution >= 4 is 17.6 Å². The molecule has 0 radical (unpaired) electrons. The molecule has 2 aromatic rings. The van der Waals surface area contributed by atoms with E-state index in [1.165, 1.54) is 35.4 Å². The lowest BCUT2D eigenvalue weighted by Crippen LogP contribution is -2.26. The molecule has 0 fully saturated rings. The van der Waals surface area contributed by atoms with Gasteiger partial charge in [0.05, 0.1) is 5.02 Å². The van der Waals surface area contributed by atoms with Gasteiger partial charge in [-0.15, -0.1) is 0 Å². The van der Waals surface area contributed by atoms with Crippen LogP contribution < -0.4 is 5.32 Å². The molecule has 4 nitrogen and oxygen atoms in total. The summed E-state index contributed by atoms with van der Waals surface area (Å²) in [5.41, 5.74) is 0.727. The van der Waals surface area contributed by atoms with Crippen LogP contribution in [-0.2, 0) is 6.54 Å². The molecule has 17 heavy (non-hydrogen) atoms. The van der Waals surface area contributed by atoms with Crippen molar-refractivity contribution in [3.8, 4) is 0 Å². The molecule has 1 amide bonds. The molecule has 0 aliphatic heterocycles. The molecule has 0 saturated heterocycles. The zero-order valence-corrected chi connectivity index (χ0v) is 9.49. The number of imidazole rings is 1. The van der Waals surface area contributed by atoms with Crippen molar-refractivity contribution in [3.05, 3.63) is 53.3 Å². The van der Waals surface area contributed by atoms with Crippen LogP contribution in [0.15, 0.2) is 36.9 Å². The quantitative estimate of drug-likeness (QED) is 0.894. The van der Waals surface area contributed by atoms with Gasteiger partial charge in [0, 0.05) is 18.9 Å². The van der Waals surface area contributed by atoms with Gasteiger partial charge in [0.15, 0.2) is 0 Å². The molecule has 1 heterocycles. The molecule has 0 saturated carbocycles. The van der Waals surface area contributed by atoms with Gasteiger partial charge in [-0.2, -0.15) is 0 Å². The third-order valence-electron chi connectivity index (χ3n) is 2.17. The second-order valence-corrected chi connectivity index (χ2v) is 3.78. The highest BCUT2D eigenvalue weighted by Gasteiger charge is 2.04. The summed E-state index contributed by atoms with van der Waals surface area (Å²) in [6.45, 7) is 0.275. The Kier molecular flexibility index (Phi) is 3.39. The van der Waals surface area contributed by atoms with Crippen LogP contribution >= 0.6 is 11.6 Å². The first-order valence-electron chi connectivity index (χ1n) is 4.87. The number of benzene rings is 1. The first kappa shape index (κ1) is 11.6. The van der Waals surface area contributed by atoms with Gasteiger partial charge in [-0.25, -0.2) is 14.2 Å². The van der Waals surface area contributed by atoms with Crippen LogP contribution in [0.3, 0.4) is 0 Å². The fourth-order valence-corrected chi connectivity index (χ4v) is 1.50.